The molecule has 0 N–H and O–H groups in total. The predicted molar refractivity (Wildman–Crippen MR) is 56.2 cm³/mol. The molecule has 0 aromatic carbocycles. The molecule has 70 valence electrons. The Morgan fingerprint density at radius 2 is 2.54 bits per heavy atom. The van der Waals surface area contributed by atoms with Crippen LogP contribution in [0.5, 0.6) is 0 Å². The van der Waals surface area contributed by atoms with Gasteiger partial charge in [-0.15, -0.1) is 0 Å². The second-order valence-electron chi connectivity index (χ2n) is 3.21. The molecule has 1 aliphatic rings. The number of alkyl halides is 1. The van der Waals surface area contributed by atoms with Crippen LogP contribution in [0.1, 0.15) is 12.8 Å². The summed E-state index contributed by atoms with van der Waals surface area (Å²) in [5.74, 6) is 1.05. The average molecular weight is 242 g/mol. The van der Waals surface area contributed by atoms with Crippen LogP contribution < -0.4 is 4.90 Å². The Balaban J connectivity index is 2.16. The van der Waals surface area contributed by atoms with E-state index in [2.05, 4.69) is 30.8 Å². The molecule has 1 aromatic heterocycles. The van der Waals surface area contributed by atoms with E-state index >= 15 is 0 Å². The van der Waals surface area contributed by atoms with Crippen LogP contribution in [0, 0.1) is 0 Å². The molecule has 1 saturated heterocycles. The number of nitrogens with zero attached hydrogens (tertiary/aromatic N) is 3. The summed E-state index contributed by atoms with van der Waals surface area (Å²) in [5, 5.41) is 1.02. The van der Waals surface area contributed by atoms with Gasteiger partial charge in [0.1, 0.15) is 12.1 Å². The summed E-state index contributed by atoms with van der Waals surface area (Å²) in [6.07, 6.45) is 5.93. The van der Waals surface area contributed by atoms with E-state index in [1.54, 1.807) is 12.5 Å². The standard InChI is InChI=1S/C9H12BrN3/c10-6-8-2-1-5-13(8)9-3-4-11-7-12-9/h3-4,7-8H,1-2,5-6H2. The van der Waals surface area contributed by atoms with Gasteiger partial charge in [0.25, 0.3) is 0 Å². The molecule has 0 radical (unpaired) electrons. The molecule has 1 aliphatic heterocycles. The van der Waals surface area contributed by atoms with E-state index in [-0.39, 0.29) is 0 Å². The van der Waals surface area contributed by atoms with Crippen LogP contribution in [0.25, 0.3) is 0 Å². The van der Waals surface area contributed by atoms with Gasteiger partial charge in [-0.1, -0.05) is 15.9 Å². The van der Waals surface area contributed by atoms with Crippen LogP contribution in [-0.2, 0) is 0 Å². The molecule has 0 amide bonds. The lowest BCUT2D eigenvalue weighted by molar-refractivity contribution is 0.740. The maximum atomic E-state index is 4.25. The van der Waals surface area contributed by atoms with Crippen LogP contribution in [0.3, 0.4) is 0 Å². The van der Waals surface area contributed by atoms with Crippen molar-refractivity contribution >= 4 is 21.7 Å². The highest BCUT2D eigenvalue weighted by atomic mass is 79.9. The average Bonchev–Trinajstić information content (AvgIpc) is 2.67. The first kappa shape index (κ1) is 8.94. The Hall–Kier alpha value is -0.640. The Kier molecular flexibility index (Phi) is 2.78. The van der Waals surface area contributed by atoms with Crippen molar-refractivity contribution < 1.29 is 0 Å². The van der Waals surface area contributed by atoms with E-state index < -0.39 is 0 Å². The normalized spacial score (nSPS) is 22.2. The fourth-order valence-corrected chi connectivity index (χ4v) is 2.42. The highest BCUT2D eigenvalue weighted by Crippen LogP contribution is 2.23. The fraction of sp³-hybridized carbons (Fsp3) is 0.556. The second-order valence-corrected chi connectivity index (χ2v) is 3.86. The molecule has 4 heteroatoms. The van der Waals surface area contributed by atoms with E-state index in [1.165, 1.54) is 12.8 Å². The lowest BCUT2D eigenvalue weighted by Crippen LogP contribution is -2.30. The first-order valence-corrected chi connectivity index (χ1v) is 5.62. The quantitative estimate of drug-likeness (QED) is 0.741. The van der Waals surface area contributed by atoms with Crippen molar-refractivity contribution in [1.82, 2.24) is 9.97 Å². The molecule has 1 atom stereocenters. The number of hydrogen-bond donors (Lipinski definition) is 0. The van der Waals surface area contributed by atoms with Gasteiger partial charge < -0.3 is 4.90 Å². The summed E-state index contributed by atoms with van der Waals surface area (Å²) in [7, 11) is 0. The van der Waals surface area contributed by atoms with Crippen molar-refractivity contribution in [1.29, 1.82) is 0 Å². The van der Waals surface area contributed by atoms with Crippen molar-refractivity contribution in [2.24, 2.45) is 0 Å². The SMILES string of the molecule is BrCC1CCCN1c1ccncn1. The van der Waals surface area contributed by atoms with Crippen LogP contribution >= 0.6 is 15.9 Å². The van der Waals surface area contributed by atoms with Gasteiger partial charge in [-0.25, -0.2) is 9.97 Å². The summed E-state index contributed by atoms with van der Waals surface area (Å²) in [5.41, 5.74) is 0. The smallest absolute Gasteiger partial charge is 0.132 e. The molecule has 0 spiro atoms. The van der Waals surface area contributed by atoms with Crippen molar-refractivity contribution in [3.63, 3.8) is 0 Å². The van der Waals surface area contributed by atoms with Gasteiger partial charge in [0.05, 0.1) is 0 Å². The Morgan fingerprint density at radius 1 is 1.62 bits per heavy atom. The number of rotatable bonds is 2. The molecule has 0 saturated carbocycles. The number of hydrogen-bond acceptors (Lipinski definition) is 3. The largest absolute Gasteiger partial charge is 0.353 e. The zero-order valence-corrected chi connectivity index (χ0v) is 8.94. The highest BCUT2D eigenvalue weighted by molar-refractivity contribution is 9.09. The van der Waals surface area contributed by atoms with Crippen LogP contribution in [-0.4, -0.2) is 27.9 Å². The van der Waals surface area contributed by atoms with Gasteiger partial charge in [-0.3, -0.25) is 0 Å². The van der Waals surface area contributed by atoms with Gasteiger partial charge in [0, 0.05) is 24.1 Å². The lowest BCUT2D eigenvalue weighted by atomic mass is 10.2. The highest BCUT2D eigenvalue weighted by Gasteiger charge is 2.23. The van der Waals surface area contributed by atoms with Gasteiger partial charge in [-0.05, 0) is 18.9 Å². The Labute approximate surface area is 86.3 Å². The molecule has 0 aliphatic carbocycles. The predicted octanol–water partition coefficient (Wildman–Crippen LogP) is 1.84. The molecule has 3 nitrogen and oxygen atoms in total. The third kappa shape index (κ3) is 1.82. The minimum absolute atomic E-state index is 0.606. The zero-order valence-electron chi connectivity index (χ0n) is 7.36. The van der Waals surface area contributed by atoms with Crippen LogP contribution in [0.2, 0.25) is 0 Å². The summed E-state index contributed by atoms with van der Waals surface area (Å²) in [4.78, 5) is 10.5. The number of halogens is 1. The van der Waals surface area contributed by atoms with E-state index in [4.69, 9.17) is 0 Å². The maximum absolute atomic E-state index is 4.25. The van der Waals surface area contributed by atoms with Crippen molar-refractivity contribution in [3.8, 4) is 0 Å². The molecular formula is C9H12BrN3. The Morgan fingerprint density at radius 3 is 3.23 bits per heavy atom. The molecule has 1 unspecified atom stereocenters. The molecule has 1 fully saturated rings. The fourth-order valence-electron chi connectivity index (χ4n) is 1.75. The molecular weight excluding hydrogens is 230 g/mol. The van der Waals surface area contributed by atoms with Crippen molar-refractivity contribution in [3.05, 3.63) is 18.6 Å². The number of aromatic nitrogens is 2. The molecule has 1 aromatic rings. The van der Waals surface area contributed by atoms with Gasteiger partial charge in [0.2, 0.25) is 0 Å². The topological polar surface area (TPSA) is 29.0 Å². The molecule has 2 heterocycles. The first-order valence-electron chi connectivity index (χ1n) is 4.50. The summed E-state index contributed by atoms with van der Waals surface area (Å²) >= 11 is 3.53. The minimum Gasteiger partial charge on any atom is -0.353 e. The summed E-state index contributed by atoms with van der Waals surface area (Å²) in [6, 6.07) is 2.58. The third-order valence-corrected chi connectivity index (χ3v) is 3.16. The van der Waals surface area contributed by atoms with E-state index in [1.807, 2.05) is 6.07 Å². The van der Waals surface area contributed by atoms with E-state index in [9.17, 15) is 0 Å². The molecule has 2 rings (SSSR count). The van der Waals surface area contributed by atoms with E-state index in [0.29, 0.717) is 6.04 Å². The zero-order chi connectivity index (χ0) is 9.10. The van der Waals surface area contributed by atoms with Gasteiger partial charge >= 0.3 is 0 Å². The van der Waals surface area contributed by atoms with Crippen molar-refractivity contribution in [2.45, 2.75) is 18.9 Å². The van der Waals surface area contributed by atoms with E-state index in [0.717, 1.165) is 17.7 Å². The van der Waals surface area contributed by atoms with Crippen LogP contribution in [0.4, 0.5) is 5.82 Å². The molecule has 0 bridgehead atoms. The minimum atomic E-state index is 0.606. The summed E-state index contributed by atoms with van der Waals surface area (Å²) in [6.45, 7) is 1.12. The first-order chi connectivity index (χ1) is 6.42. The summed E-state index contributed by atoms with van der Waals surface area (Å²) < 4.78 is 0. The van der Waals surface area contributed by atoms with Crippen molar-refractivity contribution in [2.75, 3.05) is 16.8 Å². The monoisotopic (exact) mass is 241 g/mol. The lowest BCUT2D eigenvalue weighted by Gasteiger charge is -2.23. The van der Waals surface area contributed by atoms with Crippen LogP contribution in [0.15, 0.2) is 18.6 Å². The third-order valence-electron chi connectivity index (χ3n) is 2.42. The van der Waals surface area contributed by atoms with Gasteiger partial charge in [-0.2, -0.15) is 0 Å². The number of anilines is 1. The van der Waals surface area contributed by atoms with Gasteiger partial charge in [0.15, 0.2) is 0 Å². The Bertz CT molecular complexity index is 265. The molecule has 13 heavy (non-hydrogen) atoms. The maximum Gasteiger partial charge on any atom is 0.132 e. The second kappa shape index (κ2) is 4.05.